The molecule has 0 aliphatic heterocycles. The molecule has 0 radical (unpaired) electrons. The van der Waals surface area contributed by atoms with Crippen LogP contribution in [0.5, 0.6) is 0 Å². The molecular formula is C17H20N2O2. The van der Waals surface area contributed by atoms with Crippen LogP contribution in [-0.2, 0) is 0 Å². The summed E-state index contributed by atoms with van der Waals surface area (Å²) in [7, 11) is 1.67. The highest BCUT2D eigenvalue weighted by Crippen LogP contribution is 2.21. The third-order valence-corrected chi connectivity index (χ3v) is 3.32. The molecule has 0 unspecified atom stereocenters. The van der Waals surface area contributed by atoms with Crippen LogP contribution in [0.3, 0.4) is 0 Å². The summed E-state index contributed by atoms with van der Waals surface area (Å²) in [5.41, 5.74) is 2.05. The molecule has 0 aliphatic rings. The number of carbonyl (C=O) groups is 1. The number of aliphatic hydroxyl groups is 1. The lowest BCUT2D eigenvalue weighted by Crippen LogP contribution is -2.40. The molecule has 0 atom stereocenters. The van der Waals surface area contributed by atoms with Crippen molar-refractivity contribution in [1.82, 2.24) is 10.2 Å². The number of urea groups is 1. The molecule has 4 heteroatoms. The topological polar surface area (TPSA) is 52.6 Å². The number of benzene rings is 2. The van der Waals surface area contributed by atoms with Crippen LogP contribution in [0, 0.1) is 0 Å². The van der Waals surface area contributed by atoms with E-state index in [4.69, 9.17) is 5.11 Å². The van der Waals surface area contributed by atoms with Crippen LogP contribution in [0.4, 0.5) is 4.79 Å². The van der Waals surface area contributed by atoms with Gasteiger partial charge in [0.2, 0.25) is 0 Å². The van der Waals surface area contributed by atoms with Gasteiger partial charge >= 0.3 is 6.03 Å². The molecule has 2 amide bonds. The second-order valence-corrected chi connectivity index (χ2v) is 4.85. The third kappa shape index (κ3) is 4.07. The number of likely N-dealkylation sites (N-methyl/N-ethyl adjacent to an activating group) is 1. The van der Waals surface area contributed by atoms with Crippen molar-refractivity contribution in [3.8, 4) is 0 Å². The summed E-state index contributed by atoms with van der Waals surface area (Å²) in [6.07, 6.45) is 0. The minimum atomic E-state index is -0.207. The molecule has 0 spiro atoms. The summed E-state index contributed by atoms with van der Waals surface area (Å²) in [6.45, 7) is 0.257. The molecule has 110 valence electrons. The van der Waals surface area contributed by atoms with Crippen molar-refractivity contribution in [2.75, 3.05) is 20.2 Å². The molecular weight excluding hydrogens is 264 g/mol. The van der Waals surface area contributed by atoms with E-state index in [9.17, 15) is 4.79 Å². The molecule has 2 rings (SSSR count). The summed E-state index contributed by atoms with van der Waals surface area (Å²) >= 11 is 0. The van der Waals surface area contributed by atoms with Gasteiger partial charge in [-0.25, -0.2) is 4.79 Å². The molecule has 4 nitrogen and oxygen atoms in total. The van der Waals surface area contributed by atoms with E-state index in [1.54, 1.807) is 7.05 Å². The molecule has 0 bridgehead atoms. The lowest BCUT2D eigenvalue weighted by Gasteiger charge is -2.24. The van der Waals surface area contributed by atoms with Crippen LogP contribution in [0.15, 0.2) is 60.7 Å². The lowest BCUT2D eigenvalue weighted by molar-refractivity contribution is 0.188. The van der Waals surface area contributed by atoms with Crippen LogP contribution < -0.4 is 5.32 Å². The van der Waals surface area contributed by atoms with Gasteiger partial charge in [-0.1, -0.05) is 60.7 Å². The van der Waals surface area contributed by atoms with Crippen LogP contribution in [0.25, 0.3) is 0 Å². The molecule has 0 fully saturated rings. The Labute approximate surface area is 125 Å². The first-order chi connectivity index (χ1) is 10.2. The van der Waals surface area contributed by atoms with Gasteiger partial charge in [0, 0.05) is 13.6 Å². The molecule has 2 aromatic carbocycles. The minimum Gasteiger partial charge on any atom is -0.395 e. The highest BCUT2D eigenvalue weighted by molar-refractivity contribution is 5.75. The molecule has 0 heterocycles. The largest absolute Gasteiger partial charge is 0.395 e. The average Bonchev–Trinajstić information content (AvgIpc) is 2.54. The molecule has 21 heavy (non-hydrogen) atoms. The van der Waals surface area contributed by atoms with Crippen molar-refractivity contribution < 1.29 is 9.90 Å². The number of hydrogen-bond acceptors (Lipinski definition) is 2. The van der Waals surface area contributed by atoms with Gasteiger partial charge in [0.15, 0.2) is 0 Å². The van der Waals surface area contributed by atoms with Crippen molar-refractivity contribution >= 4 is 6.03 Å². The maximum Gasteiger partial charge on any atom is 0.317 e. The van der Waals surface area contributed by atoms with Gasteiger partial charge in [0.05, 0.1) is 12.6 Å². The maximum atomic E-state index is 12.2. The zero-order valence-corrected chi connectivity index (χ0v) is 12.1. The normalized spacial score (nSPS) is 10.4. The number of carbonyl (C=O) groups excluding carboxylic acids is 1. The number of hydrogen-bond donors (Lipinski definition) is 2. The summed E-state index contributed by atoms with van der Waals surface area (Å²) in [5.74, 6) is 0. The molecule has 2 N–H and O–H groups in total. The van der Waals surface area contributed by atoms with Crippen LogP contribution >= 0.6 is 0 Å². The number of aliphatic hydroxyl groups excluding tert-OH is 1. The Hall–Kier alpha value is -2.33. The van der Waals surface area contributed by atoms with Gasteiger partial charge in [0.25, 0.3) is 0 Å². The van der Waals surface area contributed by atoms with Crippen LogP contribution in [-0.4, -0.2) is 36.2 Å². The summed E-state index contributed by atoms with van der Waals surface area (Å²) in [4.78, 5) is 13.7. The zero-order chi connectivity index (χ0) is 15.1. The van der Waals surface area contributed by atoms with E-state index in [1.165, 1.54) is 4.90 Å². The fourth-order valence-corrected chi connectivity index (χ4v) is 2.14. The number of amides is 2. The summed E-state index contributed by atoms with van der Waals surface area (Å²) < 4.78 is 0. The molecule has 0 aliphatic carbocycles. The van der Waals surface area contributed by atoms with E-state index in [1.807, 2.05) is 60.7 Å². The zero-order valence-electron chi connectivity index (χ0n) is 12.1. The second-order valence-electron chi connectivity index (χ2n) is 4.85. The Morgan fingerprint density at radius 2 is 1.52 bits per heavy atom. The first-order valence-electron chi connectivity index (χ1n) is 6.94. The predicted octanol–water partition coefficient (Wildman–Crippen LogP) is 2.41. The number of rotatable bonds is 5. The Balaban J connectivity index is 2.23. The first-order valence-corrected chi connectivity index (χ1v) is 6.94. The fraction of sp³-hybridized carbons (Fsp3) is 0.235. The quantitative estimate of drug-likeness (QED) is 0.886. The highest BCUT2D eigenvalue weighted by atomic mass is 16.3. The second kappa shape index (κ2) is 7.45. The van der Waals surface area contributed by atoms with E-state index in [0.717, 1.165) is 11.1 Å². The maximum absolute atomic E-state index is 12.2. The van der Waals surface area contributed by atoms with E-state index in [2.05, 4.69) is 5.32 Å². The van der Waals surface area contributed by atoms with Crippen LogP contribution in [0.1, 0.15) is 17.2 Å². The Bertz CT molecular complexity index is 518. The average molecular weight is 284 g/mol. The van der Waals surface area contributed by atoms with Crippen molar-refractivity contribution in [2.24, 2.45) is 0 Å². The van der Waals surface area contributed by atoms with Crippen molar-refractivity contribution in [3.63, 3.8) is 0 Å². The van der Waals surface area contributed by atoms with Gasteiger partial charge in [0.1, 0.15) is 0 Å². The summed E-state index contributed by atoms with van der Waals surface area (Å²) in [5, 5.41) is 11.9. The summed E-state index contributed by atoms with van der Waals surface area (Å²) in [6, 6.07) is 19.3. The molecule has 0 saturated heterocycles. The van der Waals surface area contributed by atoms with Gasteiger partial charge in [-0.05, 0) is 11.1 Å². The standard InChI is InChI=1S/C17H20N2O2/c1-19(12-13-20)17(21)18-16(14-8-4-2-5-9-14)15-10-6-3-7-11-15/h2-11,16,20H,12-13H2,1H3,(H,18,21). The highest BCUT2D eigenvalue weighted by Gasteiger charge is 2.18. The Morgan fingerprint density at radius 3 is 1.95 bits per heavy atom. The van der Waals surface area contributed by atoms with Gasteiger partial charge < -0.3 is 15.3 Å². The lowest BCUT2D eigenvalue weighted by atomic mass is 9.99. The molecule has 2 aromatic rings. The van der Waals surface area contributed by atoms with Crippen molar-refractivity contribution in [3.05, 3.63) is 71.8 Å². The van der Waals surface area contributed by atoms with E-state index >= 15 is 0 Å². The van der Waals surface area contributed by atoms with Gasteiger partial charge in [-0.3, -0.25) is 0 Å². The molecule has 0 saturated carbocycles. The molecule has 0 aromatic heterocycles. The Morgan fingerprint density at radius 1 is 1.05 bits per heavy atom. The number of nitrogens with one attached hydrogen (secondary N) is 1. The van der Waals surface area contributed by atoms with Crippen molar-refractivity contribution in [1.29, 1.82) is 0 Å². The number of nitrogens with zero attached hydrogens (tertiary/aromatic N) is 1. The van der Waals surface area contributed by atoms with Crippen LogP contribution in [0.2, 0.25) is 0 Å². The minimum absolute atomic E-state index is 0.0503. The van der Waals surface area contributed by atoms with E-state index < -0.39 is 0 Å². The Kier molecular flexibility index (Phi) is 5.35. The fourth-order valence-electron chi connectivity index (χ4n) is 2.14. The van der Waals surface area contributed by atoms with E-state index in [0.29, 0.717) is 6.54 Å². The monoisotopic (exact) mass is 284 g/mol. The van der Waals surface area contributed by atoms with E-state index in [-0.39, 0.29) is 18.7 Å². The third-order valence-electron chi connectivity index (χ3n) is 3.32. The SMILES string of the molecule is CN(CCO)C(=O)NC(c1ccccc1)c1ccccc1. The predicted molar refractivity (Wildman–Crippen MR) is 83.0 cm³/mol. The smallest absolute Gasteiger partial charge is 0.317 e. The van der Waals surface area contributed by atoms with Gasteiger partial charge in [-0.15, -0.1) is 0 Å². The van der Waals surface area contributed by atoms with Gasteiger partial charge in [-0.2, -0.15) is 0 Å². The first kappa shape index (κ1) is 15.1. The van der Waals surface area contributed by atoms with Crippen molar-refractivity contribution in [2.45, 2.75) is 6.04 Å².